The molecule has 0 aliphatic carbocycles. The summed E-state index contributed by atoms with van der Waals surface area (Å²) in [5.74, 6) is -1.85. The van der Waals surface area contributed by atoms with E-state index in [0.29, 0.717) is 23.9 Å². The number of amides is 1. The fraction of sp³-hybridized carbons (Fsp3) is 0.286. The molecule has 1 atom stereocenters. The summed E-state index contributed by atoms with van der Waals surface area (Å²) in [5.41, 5.74) is 0.277. The number of nitrogens with zero attached hydrogens (tertiary/aromatic N) is 1. The molecule has 1 aliphatic rings. The zero-order valence-electron chi connectivity index (χ0n) is 10.6. The predicted molar refractivity (Wildman–Crippen MR) is 75.5 cm³/mol. The van der Waals surface area contributed by atoms with Crippen LogP contribution in [0.1, 0.15) is 18.4 Å². The van der Waals surface area contributed by atoms with E-state index >= 15 is 0 Å². The smallest absolute Gasteiger partial charge is 0.326 e. The largest absolute Gasteiger partial charge is 0.480 e. The van der Waals surface area contributed by atoms with Crippen LogP contribution in [0, 0.1) is 5.82 Å². The van der Waals surface area contributed by atoms with Crippen LogP contribution in [0.5, 0.6) is 0 Å². The van der Waals surface area contributed by atoms with E-state index in [0.717, 1.165) is 0 Å². The summed E-state index contributed by atoms with van der Waals surface area (Å²) in [7, 11) is 0. The highest BCUT2D eigenvalue weighted by Crippen LogP contribution is 2.20. The SMILES string of the molecule is O=C(O)C1CCCN1C(=O)/C=C/c1cc(Br)ccc1F. The Balaban J connectivity index is 2.13. The van der Waals surface area contributed by atoms with E-state index in [1.54, 1.807) is 12.1 Å². The van der Waals surface area contributed by atoms with Gasteiger partial charge in [0.15, 0.2) is 0 Å². The van der Waals surface area contributed by atoms with Crippen LogP contribution in [0.2, 0.25) is 0 Å². The summed E-state index contributed by atoms with van der Waals surface area (Å²) in [5, 5.41) is 9.01. The Kier molecular flexibility index (Phi) is 4.54. The Morgan fingerprint density at radius 1 is 1.45 bits per heavy atom. The molecule has 20 heavy (non-hydrogen) atoms. The lowest BCUT2D eigenvalue weighted by Gasteiger charge is -2.19. The maximum atomic E-state index is 13.5. The van der Waals surface area contributed by atoms with Gasteiger partial charge in [-0.2, -0.15) is 0 Å². The van der Waals surface area contributed by atoms with Gasteiger partial charge in [-0.05, 0) is 37.1 Å². The van der Waals surface area contributed by atoms with Gasteiger partial charge in [-0.1, -0.05) is 15.9 Å². The third-order valence-corrected chi connectivity index (χ3v) is 3.68. The Hall–Kier alpha value is -1.69. The molecule has 1 fully saturated rings. The lowest BCUT2D eigenvalue weighted by molar-refractivity contribution is -0.146. The average molecular weight is 342 g/mol. The Morgan fingerprint density at radius 2 is 2.20 bits per heavy atom. The minimum atomic E-state index is -1.00. The predicted octanol–water partition coefficient (Wildman–Crippen LogP) is 2.68. The second kappa shape index (κ2) is 6.17. The van der Waals surface area contributed by atoms with Crippen molar-refractivity contribution in [1.29, 1.82) is 0 Å². The number of carboxylic acid groups (broad SMARTS) is 1. The zero-order chi connectivity index (χ0) is 14.7. The van der Waals surface area contributed by atoms with Crippen LogP contribution in [-0.4, -0.2) is 34.5 Å². The van der Waals surface area contributed by atoms with Gasteiger partial charge in [-0.25, -0.2) is 9.18 Å². The van der Waals surface area contributed by atoms with E-state index in [1.165, 1.54) is 23.1 Å². The van der Waals surface area contributed by atoms with Crippen LogP contribution in [0.25, 0.3) is 6.08 Å². The molecular formula is C14H13BrFNO3. The quantitative estimate of drug-likeness (QED) is 0.860. The Morgan fingerprint density at radius 3 is 2.90 bits per heavy atom. The van der Waals surface area contributed by atoms with Gasteiger partial charge in [0.2, 0.25) is 5.91 Å². The van der Waals surface area contributed by atoms with Crippen molar-refractivity contribution in [3.8, 4) is 0 Å². The lowest BCUT2D eigenvalue weighted by atomic mass is 10.2. The summed E-state index contributed by atoms with van der Waals surface area (Å²) >= 11 is 3.22. The molecular weight excluding hydrogens is 329 g/mol. The fourth-order valence-electron chi connectivity index (χ4n) is 2.19. The van der Waals surface area contributed by atoms with Gasteiger partial charge in [0.25, 0.3) is 0 Å². The molecule has 1 aromatic rings. The van der Waals surface area contributed by atoms with Crippen molar-refractivity contribution in [3.63, 3.8) is 0 Å². The number of likely N-dealkylation sites (tertiary alicyclic amines) is 1. The number of rotatable bonds is 3. The second-order valence-electron chi connectivity index (χ2n) is 4.53. The Bertz CT molecular complexity index is 574. The minimum Gasteiger partial charge on any atom is -0.480 e. The van der Waals surface area contributed by atoms with E-state index in [1.807, 2.05) is 0 Å². The van der Waals surface area contributed by atoms with Crippen molar-refractivity contribution >= 4 is 33.9 Å². The molecule has 4 nitrogen and oxygen atoms in total. The van der Waals surface area contributed by atoms with Crippen LogP contribution < -0.4 is 0 Å². The molecule has 1 heterocycles. The highest BCUT2D eigenvalue weighted by molar-refractivity contribution is 9.10. The highest BCUT2D eigenvalue weighted by atomic mass is 79.9. The number of benzene rings is 1. The first kappa shape index (κ1) is 14.7. The molecule has 1 N–H and O–H groups in total. The van der Waals surface area contributed by atoms with Crippen molar-refractivity contribution in [3.05, 3.63) is 40.1 Å². The van der Waals surface area contributed by atoms with Crippen molar-refractivity contribution in [2.45, 2.75) is 18.9 Å². The first-order chi connectivity index (χ1) is 9.49. The molecule has 6 heteroatoms. The molecule has 1 aromatic carbocycles. The topological polar surface area (TPSA) is 57.6 Å². The van der Waals surface area contributed by atoms with Gasteiger partial charge in [0, 0.05) is 22.7 Å². The third-order valence-electron chi connectivity index (χ3n) is 3.18. The lowest BCUT2D eigenvalue weighted by Crippen LogP contribution is -2.39. The first-order valence-corrected chi connectivity index (χ1v) is 6.95. The molecule has 0 saturated carbocycles. The van der Waals surface area contributed by atoms with Gasteiger partial charge in [0.05, 0.1) is 0 Å². The van der Waals surface area contributed by atoms with Crippen molar-refractivity contribution in [1.82, 2.24) is 4.90 Å². The number of aliphatic carboxylic acids is 1. The van der Waals surface area contributed by atoms with E-state index in [9.17, 15) is 14.0 Å². The van der Waals surface area contributed by atoms with Crippen molar-refractivity contribution < 1.29 is 19.1 Å². The second-order valence-corrected chi connectivity index (χ2v) is 5.44. The number of hydrogen-bond donors (Lipinski definition) is 1. The van der Waals surface area contributed by atoms with Crippen LogP contribution in [0.3, 0.4) is 0 Å². The van der Waals surface area contributed by atoms with Gasteiger partial charge in [-0.15, -0.1) is 0 Å². The van der Waals surface area contributed by atoms with Gasteiger partial charge in [0.1, 0.15) is 11.9 Å². The highest BCUT2D eigenvalue weighted by Gasteiger charge is 2.32. The van der Waals surface area contributed by atoms with Crippen LogP contribution in [-0.2, 0) is 9.59 Å². The monoisotopic (exact) mass is 341 g/mol. The maximum absolute atomic E-state index is 13.5. The molecule has 0 radical (unpaired) electrons. The summed E-state index contributed by atoms with van der Waals surface area (Å²) in [6.07, 6.45) is 3.70. The van der Waals surface area contributed by atoms with E-state index < -0.39 is 23.7 Å². The summed E-state index contributed by atoms with van der Waals surface area (Å²) < 4.78 is 14.2. The van der Waals surface area contributed by atoms with Crippen LogP contribution >= 0.6 is 15.9 Å². The van der Waals surface area contributed by atoms with Crippen LogP contribution in [0.4, 0.5) is 4.39 Å². The van der Waals surface area contributed by atoms with Crippen molar-refractivity contribution in [2.24, 2.45) is 0 Å². The number of carbonyl (C=O) groups excluding carboxylic acids is 1. The van der Waals surface area contributed by atoms with E-state index in [-0.39, 0.29) is 5.56 Å². The van der Waals surface area contributed by atoms with Gasteiger partial charge >= 0.3 is 5.97 Å². The fourth-order valence-corrected chi connectivity index (χ4v) is 2.57. The van der Waals surface area contributed by atoms with Gasteiger partial charge < -0.3 is 10.0 Å². The summed E-state index contributed by atoms with van der Waals surface area (Å²) in [6, 6.07) is 3.64. The molecule has 2 rings (SSSR count). The number of carbonyl (C=O) groups is 2. The average Bonchev–Trinajstić information content (AvgIpc) is 2.89. The molecule has 1 unspecified atom stereocenters. The normalized spacial score (nSPS) is 18.7. The molecule has 1 saturated heterocycles. The maximum Gasteiger partial charge on any atom is 0.326 e. The zero-order valence-corrected chi connectivity index (χ0v) is 12.1. The molecule has 1 amide bonds. The summed E-state index contributed by atoms with van der Waals surface area (Å²) in [4.78, 5) is 24.3. The van der Waals surface area contributed by atoms with Gasteiger partial charge in [-0.3, -0.25) is 4.79 Å². The molecule has 0 bridgehead atoms. The molecule has 0 spiro atoms. The number of hydrogen-bond acceptors (Lipinski definition) is 2. The molecule has 0 aromatic heterocycles. The standard InChI is InChI=1S/C14H13BrFNO3/c15-10-4-5-11(16)9(8-10)3-6-13(18)17-7-1-2-12(17)14(19)20/h3-6,8,12H,1-2,7H2,(H,19,20)/b6-3+. The first-order valence-electron chi connectivity index (χ1n) is 6.15. The Labute approximate surface area is 124 Å². The van der Waals surface area contributed by atoms with E-state index in [4.69, 9.17) is 5.11 Å². The molecule has 1 aliphatic heterocycles. The van der Waals surface area contributed by atoms with Crippen LogP contribution in [0.15, 0.2) is 28.7 Å². The molecule has 106 valence electrons. The number of carboxylic acids is 1. The summed E-state index contributed by atoms with van der Waals surface area (Å²) in [6.45, 7) is 0.418. The number of halogens is 2. The minimum absolute atomic E-state index is 0.277. The van der Waals surface area contributed by atoms with Crippen molar-refractivity contribution in [2.75, 3.05) is 6.54 Å². The third kappa shape index (κ3) is 3.25. The van der Waals surface area contributed by atoms with E-state index in [2.05, 4.69) is 15.9 Å².